The summed E-state index contributed by atoms with van der Waals surface area (Å²) in [6, 6.07) is 8.08. The van der Waals surface area contributed by atoms with Crippen LogP contribution in [0.2, 0.25) is 0 Å². The van der Waals surface area contributed by atoms with Gasteiger partial charge in [0.15, 0.2) is 0 Å². The van der Waals surface area contributed by atoms with Crippen LogP contribution in [0.1, 0.15) is 15.2 Å². The number of likely N-dealkylation sites (N-methyl/N-ethyl adjacent to an activating group) is 1. The lowest BCUT2D eigenvalue weighted by Gasteiger charge is -2.16. The Labute approximate surface area is 137 Å². The quantitative estimate of drug-likeness (QED) is 0.824. The third-order valence-electron chi connectivity index (χ3n) is 3.12. The fraction of sp³-hybridized carbons (Fsp3) is 0.250. The monoisotopic (exact) mass is 336 g/mol. The van der Waals surface area contributed by atoms with Crippen LogP contribution in [0.15, 0.2) is 35.7 Å². The van der Waals surface area contributed by atoms with Gasteiger partial charge in [0.25, 0.3) is 0 Å². The number of carbonyl (C=O) groups is 2. The van der Waals surface area contributed by atoms with E-state index < -0.39 is 5.97 Å². The standard InChI is InChI=1S/C16H17FN2O3S/c1-19(9-11-5-3-4-6-12(11)17)10-14(20)18-13-7-8-23-15(13)16(21)22-2/h3-8H,9-10H2,1-2H3,(H,18,20). The number of nitrogens with one attached hydrogen (secondary N) is 1. The van der Waals surface area contributed by atoms with Crippen molar-refractivity contribution in [2.45, 2.75) is 6.54 Å². The van der Waals surface area contributed by atoms with Crippen LogP contribution < -0.4 is 5.32 Å². The van der Waals surface area contributed by atoms with Gasteiger partial charge in [-0.05, 0) is 24.6 Å². The van der Waals surface area contributed by atoms with Crippen molar-refractivity contribution in [1.29, 1.82) is 0 Å². The highest BCUT2D eigenvalue weighted by atomic mass is 32.1. The molecular weight excluding hydrogens is 319 g/mol. The second kappa shape index (κ2) is 7.85. The summed E-state index contributed by atoms with van der Waals surface area (Å²) >= 11 is 1.20. The van der Waals surface area contributed by atoms with Crippen LogP contribution in [0.25, 0.3) is 0 Å². The van der Waals surface area contributed by atoms with Crippen LogP contribution in [0, 0.1) is 5.82 Å². The third kappa shape index (κ3) is 4.61. The second-order valence-electron chi connectivity index (χ2n) is 4.97. The van der Waals surface area contributed by atoms with Crippen molar-refractivity contribution in [1.82, 2.24) is 4.90 Å². The highest BCUT2D eigenvalue weighted by Gasteiger charge is 2.16. The molecule has 1 aromatic carbocycles. The number of ether oxygens (including phenoxy) is 1. The minimum atomic E-state index is -0.491. The lowest BCUT2D eigenvalue weighted by molar-refractivity contribution is -0.117. The summed E-state index contributed by atoms with van der Waals surface area (Å²) in [5, 5.41) is 4.37. The zero-order valence-electron chi connectivity index (χ0n) is 12.8. The Morgan fingerprint density at radius 1 is 1.30 bits per heavy atom. The number of nitrogens with zero attached hydrogens (tertiary/aromatic N) is 1. The highest BCUT2D eigenvalue weighted by Crippen LogP contribution is 2.23. The van der Waals surface area contributed by atoms with Gasteiger partial charge in [0.2, 0.25) is 5.91 Å². The normalized spacial score (nSPS) is 10.6. The van der Waals surface area contributed by atoms with Gasteiger partial charge in [0.1, 0.15) is 10.7 Å². The van der Waals surface area contributed by atoms with E-state index in [1.165, 1.54) is 24.5 Å². The molecule has 1 heterocycles. The molecule has 122 valence electrons. The van der Waals surface area contributed by atoms with E-state index >= 15 is 0 Å². The molecule has 0 aliphatic carbocycles. The number of esters is 1. The summed E-state index contributed by atoms with van der Waals surface area (Å²) in [6.07, 6.45) is 0. The van der Waals surface area contributed by atoms with Gasteiger partial charge < -0.3 is 10.1 Å². The molecule has 0 radical (unpaired) electrons. The summed E-state index contributed by atoms with van der Waals surface area (Å²) in [5.41, 5.74) is 0.944. The zero-order chi connectivity index (χ0) is 16.8. The minimum absolute atomic E-state index is 0.0742. The highest BCUT2D eigenvalue weighted by molar-refractivity contribution is 7.12. The zero-order valence-corrected chi connectivity index (χ0v) is 13.7. The van der Waals surface area contributed by atoms with Crippen molar-refractivity contribution in [2.75, 3.05) is 26.0 Å². The number of anilines is 1. The van der Waals surface area contributed by atoms with Crippen molar-refractivity contribution in [3.63, 3.8) is 0 Å². The molecule has 0 aliphatic rings. The predicted octanol–water partition coefficient (Wildman–Crippen LogP) is 2.74. The fourth-order valence-corrected chi connectivity index (χ4v) is 2.83. The van der Waals surface area contributed by atoms with E-state index in [0.717, 1.165) is 0 Å². The Morgan fingerprint density at radius 2 is 2.04 bits per heavy atom. The largest absolute Gasteiger partial charge is 0.465 e. The minimum Gasteiger partial charge on any atom is -0.465 e. The van der Waals surface area contributed by atoms with E-state index in [4.69, 9.17) is 0 Å². The first-order valence-corrected chi connectivity index (χ1v) is 7.77. The van der Waals surface area contributed by atoms with Gasteiger partial charge in [0.05, 0.1) is 19.3 Å². The molecule has 0 unspecified atom stereocenters. The van der Waals surface area contributed by atoms with Gasteiger partial charge in [0, 0.05) is 12.1 Å². The maximum Gasteiger partial charge on any atom is 0.350 e. The Kier molecular flexibility index (Phi) is 5.84. The Morgan fingerprint density at radius 3 is 2.74 bits per heavy atom. The Bertz CT molecular complexity index is 702. The molecular formula is C16H17FN2O3S. The molecule has 5 nitrogen and oxygen atoms in total. The van der Waals surface area contributed by atoms with Crippen molar-refractivity contribution in [3.05, 3.63) is 52.0 Å². The first kappa shape index (κ1) is 17.1. The molecule has 0 fully saturated rings. The smallest absolute Gasteiger partial charge is 0.350 e. The van der Waals surface area contributed by atoms with Gasteiger partial charge in [-0.1, -0.05) is 18.2 Å². The van der Waals surface area contributed by atoms with Crippen LogP contribution in [0.3, 0.4) is 0 Å². The summed E-state index contributed by atoms with van der Waals surface area (Å²) in [4.78, 5) is 25.7. The molecule has 2 rings (SSSR count). The predicted molar refractivity (Wildman–Crippen MR) is 87.0 cm³/mol. The number of rotatable bonds is 6. The van der Waals surface area contributed by atoms with Gasteiger partial charge in [-0.3, -0.25) is 9.69 Å². The van der Waals surface area contributed by atoms with E-state index in [1.54, 1.807) is 41.6 Å². The number of amides is 1. The van der Waals surface area contributed by atoms with Gasteiger partial charge >= 0.3 is 5.97 Å². The summed E-state index contributed by atoms with van der Waals surface area (Å²) in [7, 11) is 3.01. The van der Waals surface area contributed by atoms with Crippen molar-refractivity contribution in [3.8, 4) is 0 Å². The molecule has 1 aromatic heterocycles. The lowest BCUT2D eigenvalue weighted by atomic mass is 10.2. The molecule has 0 atom stereocenters. The van der Waals surface area contributed by atoms with Crippen LogP contribution in [0.5, 0.6) is 0 Å². The number of hydrogen-bond donors (Lipinski definition) is 1. The first-order valence-electron chi connectivity index (χ1n) is 6.89. The van der Waals surface area contributed by atoms with Gasteiger partial charge in [-0.25, -0.2) is 9.18 Å². The molecule has 0 saturated heterocycles. The molecule has 7 heteroatoms. The summed E-state index contributed by atoms with van der Waals surface area (Å²) in [5.74, 6) is -1.08. The van der Waals surface area contributed by atoms with Crippen molar-refractivity contribution in [2.24, 2.45) is 0 Å². The molecule has 1 N–H and O–H groups in total. The SMILES string of the molecule is COC(=O)c1sccc1NC(=O)CN(C)Cc1ccccc1F. The third-order valence-corrected chi connectivity index (χ3v) is 4.02. The van der Waals surface area contributed by atoms with E-state index in [2.05, 4.69) is 10.1 Å². The molecule has 1 amide bonds. The maximum absolute atomic E-state index is 13.6. The number of benzene rings is 1. The van der Waals surface area contributed by atoms with Crippen LogP contribution >= 0.6 is 11.3 Å². The molecule has 0 aliphatic heterocycles. The number of carbonyl (C=O) groups excluding carboxylic acids is 2. The Balaban J connectivity index is 1.93. The van der Waals surface area contributed by atoms with Crippen LogP contribution in [-0.2, 0) is 16.1 Å². The van der Waals surface area contributed by atoms with E-state index in [9.17, 15) is 14.0 Å². The van der Waals surface area contributed by atoms with Crippen molar-refractivity contribution >= 4 is 28.9 Å². The molecule has 0 bridgehead atoms. The summed E-state index contributed by atoms with van der Waals surface area (Å²) in [6.45, 7) is 0.387. The van der Waals surface area contributed by atoms with Gasteiger partial charge in [-0.2, -0.15) is 0 Å². The number of methoxy groups -OCH3 is 1. The lowest BCUT2D eigenvalue weighted by Crippen LogP contribution is -2.30. The molecule has 23 heavy (non-hydrogen) atoms. The topological polar surface area (TPSA) is 58.6 Å². The van der Waals surface area contributed by atoms with Crippen molar-refractivity contribution < 1.29 is 18.7 Å². The maximum atomic E-state index is 13.6. The van der Waals surface area contributed by atoms with Gasteiger partial charge in [-0.15, -0.1) is 11.3 Å². The summed E-state index contributed by atoms with van der Waals surface area (Å²) < 4.78 is 18.3. The molecule has 2 aromatic rings. The second-order valence-corrected chi connectivity index (χ2v) is 5.88. The number of hydrogen-bond acceptors (Lipinski definition) is 5. The fourth-order valence-electron chi connectivity index (χ4n) is 2.07. The number of halogens is 1. The van der Waals surface area contributed by atoms with E-state index in [1.807, 2.05) is 0 Å². The first-order chi connectivity index (χ1) is 11.0. The average Bonchev–Trinajstić information content (AvgIpc) is 2.96. The van der Waals surface area contributed by atoms with Crippen LogP contribution in [0.4, 0.5) is 10.1 Å². The Hall–Kier alpha value is -2.25. The van der Waals surface area contributed by atoms with E-state index in [0.29, 0.717) is 22.7 Å². The average molecular weight is 336 g/mol. The van der Waals surface area contributed by atoms with Crippen LogP contribution in [-0.4, -0.2) is 37.5 Å². The van der Waals surface area contributed by atoms with E-state index in [-0.39, 0.29) is 18.3 Å². The number of thiophene rings is 1. The molecule has 0 saturated carbocycles. The molecule has 0 spiro atoms.